The molecule has 0 spiro atoms. The van der Waals surface area contributed by atoms with Gasteiger partial charge in [-0.05, 0) is 119 Å². The fourth-order valence-corrected chi connectivity index (χ4v) is 10.0. The van der Waals surface area contributed by atoms with E-state index < -0.39 is 0 Å². The van der Waals surface area contributed by atoms with E-state index in [9.17, 15) is 0 Å². The highest BCUT2D eigenvalue weighted by Gasteiger charge is 2.37. The molecule has 0 amide bonds. The van der Waals surface area contributed by atoms with Gasteiger partial charge in [0.1, 0.15) is 5.01 Å². The molecular formula is C54H37NS. The molecule has 9 aromatic carbocycles. The third-order valence-electron chi connectivity index (χ3n) is 11.9. The monoisotopic (exact) mass is 731 g/mol. The van der Waals surface area contributed by atoms with Gasteiger partial charge >= 0.3 is 0 Å². The van der Waals surface area contributed by atoms with Crippen LogP contribution in [0, 0.1) is 0 Å². The van der Waals surface area contributed by atoms with Gasteiger partial charge in [0.15, 0.2) is 0 Å². The van der Waals surface area contributed by atoms with Gasteiger partial charge in [0, 0.05) is 11.0 Å². The van der Waals surface area contributed by atoms with Gasteiger partial charge < -0.3 is 0 Å². The van der Waals surface area contributed by atoms with Gasteiger partial charge in [-0.2, -0.15) is 0 Å². The number of fused-ring (bicyclic) bond motifs is 6. The van der Waals surface area contributed by atoms with Crippen LogP contribution in [0.3, 0.4) is 0 Å². The van der Waals surface area contributed by atoms with E-state index in [-0.39, 0.29) is 5.41 Å². The van der Waals surface area contributed by atoms with Crippen molar-refractivity contribution in [1.82, 2.24) is 4.98 Å². The molecule has 56 heavy (non-hydrogen) atoms. The van der Waals surface area contributed by atoms with Crippen molar-refractivity contribution in [3.8, 4) is 66.2 Å². The second-order valence-electron chi connectivity index (χ2n) is 15.5. The van der Waals surface area contributed by atoms with Gasteiger partial charge in [-0.25, -0.2) is 4.98 Å². The molecule has 2 heteroatoms. The van der Waals surface area contributed by atoms with E-state index >= 15 is 0 Å². The van der Waals surface area contributed by atoms with Crippen molar-refractivity contribution in [3.63, 3.8) is 0 Å². The van der Waals surface area contributed by atoms with Gasteiger partial charge in [-0.1, -0.05) is 172 Å². The predicted molar refractivity (Wildman–Crippen MR) is 239 cm³/mol. The maximum atomic E-state index is 5.04. The van der Waals surface area contributed by atoms with E-state index in [1.54, 1.807) is 11.3 Å². The number of benzene rings is 9. The predicted octanol–water partition coefficient (Wildman–Crippen LogP) is 15.2. The van der Waals surface area contributed by atoms with Crippen molar-refractivity contribution in [2.75, 3.05) is 0 Å². The Morgan fingerprint density at radius 3 is 1.43 bits per heavy atom. The number of aromatic nitrogens is 1. The van der Waals surface area contributed by atoms with Crippen molar-refractivity contribution < 1.29 is 0 Å². The Morgan fingerprint density at radius 1 is 0.375 bits per heavy atom. The lowest BCUT2D eigenvalue weighted by atomic mass is 9.79. The highest BCUT2D eigenvalue weighted by Crippen LogP contribution is 2.54. The molecule has 0 saturated heterocycles. The molecule has 1 aromatic heterocycles. The lowest BCUT2D eigenvalue weighted by Gasteiger charge is -2.24. The Hall–Kier alpha value is -6.61. The van der Waals surface area contributed by atoms with Crippen LogP contribution in [0.5, 0.6) is 0 Å². The van der Waals surface area contributed by atoms with Gasteiger partial charge in [0.25, 0.3) is 0 Å². The normalized spacial score (nSPS) is 13.0. The first-order chi connectivity index (χ1) is 27.5. The SMILES string of the molecule is CC1(C)c2cc(-c3nc4ccccc4s3)ccc2-c2cc3c(-c4ccc(-c5ccccc5)cc4)c4ccccc4c(-c4ccc(-c5ccccc5)cc4)c3cc21. The van der Waals surface area contributed by atoms with Crippen LogP contribution in [-0.2, 0) is 5.41 Å². The molecule has 1 aliphatic carbocycles. The molecule has 0 N–H and O–H groups in total. The van der Waals surface area contributed by atoms with Crippen molar-refractivity contribution in [3.05, 3.63) is 199 Å². The first-order valence-corrected chi connectivity index (χ1v) is 20.2. The summed E-state index contributed by atoms with van der Waals surface area (Å²) < 4.78 is 1.22. The minimum Gasteiger partial charge on any atom is -0.236 e. The molecule has 264 valence electrons. The summed E-state index contributed by atoms with van der Waals surface area (Å²) in [4.78, 5) is 5.04. The van der Waals surface area contributed by atoms with Gasteiger partial charge in [-0.3, -0.25) is 0 Å². The molecule has 0 bridgehead atoms. The van der Waals surface area contributed by atoms with Crippen LogP contribution < -0.4 is 0 Å². The third-order valence-corrected chi connectivity index (χ3v) is 13.0. The topological polar surface area (TPSA) is 12.9 Å². The van der Waals surface area contributed by atoms with Crippen molar-refractivity contribution in [1.29, 1.82) is 0 Å². The zero-order valence-electron chi connectivity index (χ0n) is 31.3. The van der Waals surface area contributed by atoms with Crippen LogP contribution in [-0.4, -0.2) is 4.98 Å². The first kappa shape index (κ1) is 32.8. The Balaban J connectivity index is 1.16. The van der Waals surface area contributed by atoms with E-state index in [1.807, 2.05) is 0 Å². The molecule has 11 rings (SSSR count). The molecular weight excluding hydrogens is 695 g/mol. The van der Waals surface area contributed by atoms with Gasteiger partial charge in [0.2, 0.25) is 0 Å². The molecule has 10 aromatic rings. The largest absolute Gasteiger partial charge is 0.236 e. The van der Waals surface area contributed by atoms with Crippen molar-refractivity contribution in [2.24, 2.45) is 0 Å². The summed E-state index contributed by atoms with van der Waals surface area (Å²) in [5, 5.41) is 6.15. The van der Waals surface area contributed by atoms with E-state index in [2.05, 4.69) is 202 Å². The highest BCUT2D eigenvalue weighted by atomic mass is 32.1. The molecule has 1 nitrogen and oxygen atoms in total. The summed E-state index contributed by atoms with van der Waals surface area (Å²) in [5.41, 5.74) is 17.3. The van der Waals surface area contributed by atoms with Crippen molar-refractivity contribution in [2.45, 2.75) is 19.3 Å². The van der Waals surface area contributed by atoms with E-state index in [0.29, 0.717) is 0 Å². The lowest BCUT2D eigenvalue weighted by molar-refractivity contribution is 0.661. The summed E-state index contributed by atoms with van der Waals surface area (Å²) in [6.07, 6.45) is 0. The van der Waals surface area contributed by atoms with E-state index in [0.717, 1.165) is 10.5 Å². The minimum atomic E-state index is -0.205. The van der Waals surface area contributed by atoms with E-state index in [4.69, 9.17) is 4.98 Å². The Bertz CT molecular complexity index is 3080. The Kier molecular flexibility index (Phi) is 7.45. The zero-order chi connectivity index (χ0) is 37.4. The molecule has 1 heterocycles. The molecule has 0 aliphatic heterocycles. The zero-order valence-corrected chi connectivity index (χ0v) is 32.1. The second-order valence-corrected chi connectivity index (χ2v) is 16.5. The maximum absolute atomic E-state index is 5.04. The van der Waals surface area contributed by atoms with Crippen LogP contribution in [0.4, 0.5) is 0 Å². The highest BCUT2D eigenvalue weighted by molar-refractivity contribution is 7.21. The third kappa shape index (κ3) is 5.17. The summed E-state index contributed by atoms with van der Waals surface area (Å²) in [7, 11) is 0. The molecule has 1 aliphatic rings. The number of thiazole rings is 1. The summed E-state index contributed by atoms with van der Waals surface area (Å²) >= 11 is 1.77. The molecule has 0 radical (unpaired) electrons. The lowest BCUT2D eigenvalue weighted by Crippen LogP contribution is -2.15. The quantitative estimate of drug-likeness (QED) is 0.161. The summed E-state index contributed by atoms with van der Waals surface area (Å²) in [5.74, 6) is 0. The van der Waals surface area contributed by atoms with Crippen LogP contribution in [0.15, 0.2) is 188 Å². The smallest absolute Gasteiger partial charge is 0.124 e. The molecule has 0 fully saturated rings. The molecule has 0 saturated carbocycles. The standard InChI is InChI=1S/C54H37NS/c1-54(2)47-31-40(53-55-49-19-11-12-20-50(49)56-53)29-30-41(47)44-32-45-46(33-48(44)54)52(39-27-23-37(24-28-39)35-15-7-4-8-16-35)43-18-10-9-17-42(43)51(45)38-25-21-36(22-26-38)34-13-5-3-6-14-34/h3-33H,1-2H3. The Morgan fingerprint density at radius 2 is 0.839 bits per heavy atom. The van der Waals surface area contributed by atoms with Crippen LogP contribution in [0.2, 0.25) is 0 Å². The number of para-hydroxylation sites is 1. The van der Waals surface area contributed by atoms with E-state index in [1.165, 1.54) is 98.6 Å². The average Bonchev–Trinajstić information content (AvgIpc) is 3.79. The fraction of sp³-hybridized carbons (Fsp3) is 0.0556. The fourth-order valence-electron chi connectivity index (χ4n) is 9.07. The molecule has 0 unspecified atom stereocenters. The minimum absolute atomic E-state index is 0.205. The number of hydrogen-bond donors (Lipinski definition) is 0. The summed E-state index contributed by atoms with van der Waals surface area (Å²) in [6, 6.07) is 69.2. The van der Waals surface area contributed by atoms with Gasteiger partial charge in [-0.15, -0.1) is 11.3 Å². The first-order valence-electron chi connectivity index (χ1n) is 19.4. The maximum Gasteiger partial charge on any atom is 0.124 e. The Labute approximate surface area is 331 Å². The van der Waals surface area contributed by atoms with Crippen LogP contribution >= 0.6 is 11.3 Å². The summed E-state index contributed by atoms with van der Waals surface area (Å²) in [6.45, 7) is 4.79. The number of hydrogen-bond acceptors (Lipinski definition) is 2. The van der Waals surface area contributed by atoms with Crippen LogP contribution in [0.1, 0.15) is 25.0 Å². The second kappa shape index (κ2) is 12.7. The number of rotatable bonds is 5. The number of nitrogens with zero attached hydrogens (tertiary/aromatic N) is 1. The van der Waals surface area contributed by atoms with Gasteiger partial charge in [0.05, 0.1) is 10.2 Å². The average molecular weight is 732 g/mol. The van der Waals surface area contributed by atoms with Crippen LogP contribution in [0.25, 0.3) is 98.0 Å². The molecule has 0 atom stereocenters. The van der Waals surface area contributed by atoms with Crippen molar-refractivity contribution >= 4 is 43.1 Å².